The Labute approximate surface area is 147 Å². The Morgan fingerprint density at radius 1 is 1.04 bits per heavy atom. The molecule has 0 N–H and O–H groups in total. The second-order valence-electron chi connectivity index (χ2n) is 5.76. The average Bonchev–Trinajstić information content (AvgIpc) is 2.59. The van der Waals surface area contributed by atoms with E-state index >= 15 is 0 Å². The number of para-hydroxylation sites is 1. The van der Waals surface area contributed by atoms with Crippen molar-refractivity contribution in [2.75, 3.05) is 31.3 Å². The van der Waals surface area contributed by atoms with Gasteiger partial charge in [0, 0.05) is 19.3 Å². The number of sulfonamides is 1. The first-order chi connectivity index (χ1) is 11.8. The van der Waals surface area contributed by atoms with Crippen molar-refractivity contribution < 1.29 is 17.6 Å². The van der Waals surface area contributed by atoms with E-state index in [4.69, 9.17) is 0 Å². The molecule has 2 aromatic rings. The summed E-state index contributed by atoms with van der Waals surface area (Å²) < 4.78 is 38.1. The van der Waals surface area contributed by atoms with Crippen LogP contribution in [0.2, 0.25) is 0 Å². The maximum absolute atomic E-state index is 12.9. The SMILES string of the molecule is CN(C(=O)CN(CCc1ccc(F)cc1)S(C)(=O)=O)c1ccccc1. The molecule has 0 unspecified atom stereocenters. The molecule has 0 aliphatic rings. The summed E-state index contributed by atoms with van der Waals surface area (Å²) in [6.45, 7) is -0.0930. The summed E-state index contributed by atoms with van der Waals surface area (Å²) in [5.41, 5.74) is 1.50. The minimum Gasteiger partial charge on any atom is -0.314 e. The summed E-state index contributed by atoms with van der Waals surface area (Å²) >= 11 is 0. The molecule has 0 saturated heterocycles. The summed E-state index contributed by atoms with van der Waals surface area (Å²) in [7, 11) is -1.93. The minimum absolute atomic E-state index is 0.152. The number of carbonyl (C=O) groups excluding carboxylic acids is 1. The number of halogens is 1. The largest absolute Gasteiger partial charge is 0.314 e. The molecular formula is C18H21FN2O3S. The minimum atomic E-state index is -3.54. The van der Waals surface area contributed by atoms with E-state index in [1.54, 1.807) is 31.3 Å². The van der Waals surface area contributed by atoms with E-state index in [2.05, 4.69) is 0 Å². The number of nitrogens with zero attached hydrogens (tertiary/aromatic N) is 2. The normalized spacial score (nSPS) is 11.5. The maximum Gasteiger partial charge on any atom is 0.242 e. The molecule has 0 bridgehead atoms. The lowest BCUT2D eigenvalue weighted by atomic mass is 10.1. The van der Waals surface area contributed by atoms with E-state index in [1.807, 2.05) is 18.2 Å². The number of rotatable bonds is 7. The third-order valence-corrected chi connectivity index (χ3v) is 5.11. The molecule has 0 aliphatic carbocycles. The molecule has 0 atom stereocenters. The molecular weight excluding hydrogens is 343 g/mol. The van der Waals surface area contributed by atoms with Crippen molar-refractivity contribution >= 4 is 21.6 Å². The van der Waals surface area contributed by atoms with Crippen molar-refractivity contribution in [2.45, 2.75) is 6.42 Å². The van der Waals surface area contributed by atoms with Crippen molar-refractivity contribution in [3.05, 3.63) is 66.0 Å². The van der Waals surface area contributed by atoms with Crippen LogP contribution in [0.5, 0.6) is 0 Å². The van der Waals surface area contributed by atoms with E-state index in [1.165, 1.54) is 17.0 Å². The highest BCUT2D eigenvalue weighted by atomic mass is 32.2. The highest BCUT2D eigenvalue weighted by Crippen LogP contribution is 2.13. The first-order valence-electron chi connectivity index (χ1n) is 7.78. The summed E-state index contributed by atoms with van der Waals surface area (Å²) in [5.74, 6) is -0.667. The van der Waals surface area contributed by atoms with Crippen LogP contribution in [0.3, 0.4) is 0 Å². The summed E-state index contributed by atoms with van der Waals surface area (Å²) in [6, 6.07) is 14.9. The number of benzene rings is 2. The summed E-state index contributed by atoms with van der Waals surface area (Å²) in [6.07, 6.45) is 1.48. The van der Waals surface area contributed by atoms with Crippen LogP contribution in [0.25, 0.3) is 0 Å². The topological polar surface area (TPSA) is 57.7 Å². The second-order valence-corrected chi connectivity index (χ2v) is 7.74. The first-order valence-corrected chi connectivity index (χ1v) is 9.63. The predicted octanol–water partition coefficient (Wildman–Crippen LogP) is 2.29. The van der Waals surface area contributed by atoms with E-state index < -0.39 is 10.0 Å². The zero-order chi connectivity index (χ0) is 18.4. The van der Waals surface area contributed by atoms with Crippen LogP contribution >= 0.6 is 0 Å². The van der Waals surface area contributed by atoms with Gasteiger partial charge in [0.25, 0.3) is 0 Å². The second kappa shape index (κ2) is 8.22. The van der Waals surface area contributed by atoms with Gasteiger partial charge in [-0.25, -0.2) is 12.8 Å². The molecule has 2 aromatic carbocycles. The van der Waals surface area contributed by atoms with Gasteiger partial charge in [-0.15, -0.1) is 0 Å². The number of hydrogen-bond donors (Lipinski definition) is 0. The molecule has 0 saturated carbocycles. The molecule has 1 amide bonds. The van der Waals surface area contributed by atoms with E-state index in [9.17, 15) is 17.6 Å². The molecule has 2 rings (SSSR count). The van der Waals surface area contributed by atoms with Crippen LogP contribution in [0.4, 0.5) is 10.1 Å². The molecule has 134 valence electrons. The monoisotopic (exact) mass is 364 g/mol. The zero-order valence-corrected chi connectivity index (χ0v) is 15.0. The molecule has 25 heavy (non-hydrogen) atoms. The van der Waals surface area contributed by atoms with Gasteiger partial charge in [0.1, 0.15) is 5.82 Å². The number of likely N-dealkylation sites (N-methyl/N-ethyl adjacent to an activating group) is 1. The number of anilines is 1. The van der Waals surface area contributed by atoms with Crippen molar-refractivity contribution in [3.8, 4) is 0 Å². The highest BCUT2D eigenvalue weighted by molar-refractivity contribution is 7.88. The van der Waals surface area contributed by atoms with Crippen molar-refractivity contribution in [3.63, 3.8) is 0 Å². The van der Waals surface area contributed by atoms with Gasteiger partial charge in [-0.05, 0) is 36.2 Å². The number of carbonyl (C=O) groups is 1. The highest BCUT2D eigenvalue weighted by Gasteiger charge is 2.22. The molecule has 0 aliphatic heterocycles. The van der Waals surface area contributed by atoms with Gasteiger partial charge in [-0.3, -0.25) is 4.79 Å². The number of hydrogen-bond acceptors (Lipinski definition) is 3. The van der Waals surface area contributed by atoms with Crippen LogP contribution in [0, 0.1) is 5.82 Å². The molecule has 5 nitrogen and oxygen atoms in total. The molecule has 0 spiro atoms. The zero-order valence-electron chi connectivity index (χ0n) is 14.2. The predicted molar refractivity (Wildman–Crippen MR) is 96.4 cm³/mol. The smallest absolute Gasteiger partial charge is 0.242 e. The summed E-state index contributed by atoms with van der Waals surface area (Å²) in [5, 5.41) is 0. The first kappa shape index (κ1) is 19.1. The molecule has 7 heteroatoms. The third kappa shape index (κ3) is 5.65. The van der Waals surface area contributed by atoms with Gasteiger partial charge in [0.2, 0.25) is 15.9 Å². The lowest BCUT2D eigenvalue weighted by Crippen LogP contribution is -2.42. The van der Waals surface area contributed by atoms with Crippen LogP contribution < -0.4 is 4.90 Å². The van der Waals surface area contributed by atoms with Crippen LogP contribution in [-0.4, -0.2) is 45.0 Å². The van der Waals surface area contributed by atoms with Gasteiger partial charge in [0.15, 0.2) is 0 Å². The Hall–Kier alpha value is -2.25. The van der Waals surface area contributed by atoms with Gasteiger partial charge < -0.3 is 4.90 Å². The molecule has 0 fully saturated rings. The molecule has 0 heterocycles. The Balaban J connectivity index is 2.05. The summed E-state index contributed by atoms with van der Waals surface area (Å²) in [4.78, 5) is 13.9. The Bertz CT molecular complexity index is 808. The average molecular weight is 364 g/mol. The fourth-order valence-electron chi connectivity index (χ4n) is 2.32. The van der Waals surface area contributed by atoms with Gasteiger partial charge in [-0.1, -0.05) is 30.3 Å². The fourth-order valence-corrected chi connectivity index (χ4v) is 3.09. The Kier molecular flexibility index (Phi) is 6.27. The lowest BCUT2D eigenvalue weighted by Gasteiger charge is -2.23. The molecule has 0 aromatic heterocycles. The van der Waals surface area contributed by atoms with E-state index in [-0.39, 0.29) is 24.8 Å². The quantitative estimate of drug-likeness (QED) is 0.757. The standard InChI is InChI=1S/C18H21FN2O3S/c1-20(17-6-4-3-5-7-17)18(22)14-21(25(2,23)24)13-12-15-8-10-16(19)11-9-15/h3-11H,12-14H2,1-2H3. The van der Waals surface area contributed by atoms with E-state index in [0.717, 1.165) is 16.1 Å². The van der Waals surface area contributed by atoms with Gasteiger partial charge in [-0.2, -0.15) is 4.31 Å². The Morgan fingerprint density at radius 2 is 1.64 bits per heavy atom. The van der Waals surface area contributed by atoms with Crippen molar-refractivity contribution in [2.24, 2.45) is 0 Å². The van der Waals surface area contributed by atoms with Crippen molar-refractivity contribution in [1.82, 2.24) is 4.31 Å². The lowest BCUT2D eigenvalue weighted by molar-refractivity contribution is -0.118. The van der Waals surface area contributed by atoms with Crippen LogP contribution in [0.1, 0.15) is 5.56 Å². The third-order valence-electron chi connectivity index (χ3n) is 3.86. The van der Waals surface area contributed by atoms with E-state index in [0.29, 0.717) is 12.1 Å². The number of amides is 1. The van der Waals surface area contributed by atoms with Crippen LogP contribution in [0.15, 0.2) is 54.6 Å². The van der Waals surface area contributed by atoms with Crippen LogP contribution in [-0.2, 0) is 21.2 Å². The Morgan fingerprint density at radius 3 is 2.20 bits per heavy atom. The fraction of sp³-hybridized carbons (Fsp3) is 0.278. The van der Waals surface area contributed by atoms with Gasteiger partial charge >= 0.3 is 0 Å². The van der Waals surface area contributed by atoms with Crippen molar-refractivity contribution in [1.29, 1.82) is 0 Å². The maximum atomic E-state index is 12.9. The molecule has 0 radical (unpaired) electrons. The van der Waals surface area contributed by atoms with Gasteiger partial charge in [0.05, 0.1) is 12.8 Å².